The minimum absolute atomic E-state index is 0.0487. The molecule has 0 fully saturated rings. The van der Waals surface area contributed by atoms with Crippen LogP contribution in [0.25, 0.3) is 0 Å². The van der Waals surface area contributed by atoms with Gasteiger partial charge in [-0.25, -0.2) is 0 Å². The predicted octanol–water partition coefficient (Wildman–Crippen LogP) is 1.65. The number of hydrogen-bond acceptors (Lipinski definition) is 4. The average molecular weight is 263 g/mol. The quantitative estimate of drug-likeness (QED) is 0.558. The summed E-state index contributed by atoms with van der Waals surface area (Å²) in [6.07, 6.45) is -8.41. The molecule has 0 heterocycles. The van der Waals surface area contributed by atoms with Crippen molar-refractivity contribution in [3.8, 4) is 0 Å². The Hall–Kier alpha value is -0.980. The second-order valence-corrected chi connectivity index (χ2v) is 2.93. The molecule has 16 heavy (non-hydrogen) atoms. The first-order valence-electron chi connectivity index (χ1n) is 4.29. The van der Waals surface area contributed by atoms with Gasteiger partial charge < -0.3 is 9.47 Å². The summed E-state index contributed by atoms with van der Waals surface area (Å²) in [4.78, 5) is 21.4. The van der Waals surface area contributed by atoms with Crippen LogP contribution in [0.4, 0.5) is 13.2 Å². The standard InChI is InChI=1S/C8H10ClF3O4/c1-2-15-6(13)3-5(8(10,11)12)16-7(14)4-9/h5H,2-4H2,1H3. The van der Waals surface area contributed by atoms with Crippen LogP contribution in [-0.4, -0.2) is 36.7 Å². The van der Waals surface area contributed by atoms with Crippen molar-refractivity contribution in [1.82, 2.24) is 0 Å². The van der Waals surface area contributed by atoms with Gasteiger partial charge in [-0.1, -0.05) is 0 Å². The summed E-state index contributed by atoms with van der Waals surface area (Å²) in [7, 11) is 0. The first-order valence-corrected chi connectivity index (χ1v) is 4.82. The molecular weight excluding hydrogens is 253 g/mol. The molecule has 0 saturated heterocycles. The first kappa shape index (κ1) is 15.0. The molecule has 0 bridgehead atoms. The smallest absolute Gasteiger partial charge is 0.426 e. The lowest BCUT2D eigenvalue weighted by molar-refractivity contribution is -0.223. The molecule has 1 unspecified atom stereocenters. The van der Waals surface area contributed by atoms with Crippen molar-refractivity contribution in [3.05, 3.63) is 0 Å². The topological polar surface area (TPSA) is 52.6 Å². The van der Waals surface area contributed by atoms with Gasteiger partial charge in [-0.3, -0.25) is 9.59 Å². The SMILES string of the molecule is CCOC(=O)CC(OC(=O)CCl)C(F)(F)F. The zero-order chi connectivity index (χ0) is 12.8. The second kappa shape index (κ2) is 6.57. The van der Waals surface area contributed by atoms with E-state index in [1.54, 1.807) is 0 Å². The van der Waals surface area contributed by atoms with Crippen LogP contribution >= 0.6 is 11.6 Å². The zero-order valence-electron chi connectivity index (χ0n) is 8.34. The van der Waals surface area contributed by atoms with Gasteiger partial charge in [0, 0.05) is 0 Å². The predicted molar refractivity (Wildman–Crippen MR) is 47.9 cm³/mol. The number of carbonyl (C=O) groups excluding carboxylic acids is 2. The van der Waals surface area contributed by atoms with Gasteiger partial charge in [-0.2, -0.15) is 13.2 Å². The second-order valence-electron chi connectivity index (χ2n) is 2.66. The van der Waals surface area contributed by atoms with Gasteiger partial charge in [-0.15, -0.1) is 11.6 Å². The molecule has 0 aliphatic carbocycles. The molecule has 1 atom stereocenters. The Labute approximate surface area is 94.6 Å². The van der Waals surface area contributed by atoms with Gasteiger partial charge in [0.2, 0.25) is 6.10 Å². The van der Waals surface area contributed by atoms with Crippen LogP contribution in [0.3, 0.4) is 0 Å². The highest BCUT2D eigenvalue weighted by Crippen LogP contribution is 2.25. The normalized spacial score (nSPS) is 13.1. The minimum Gasteiger partial charge on any atom is -0.466 e. The third-order valence-corrected chi connectivity index (χ3v) is 1.62. The molecule has 0 aromatic carbocycles. The first-order chi connectivity index (χ1) is 7.31. The molecule has 4 nitrogen and oxygen atoms in total. The Morgan fingerprint density at radius 1 is 1.31 bits per heavy atom. The van der Waals surface area contributed by atoms with Gasteiger partial charge in [-0.05, 0) is 6.92 Å². The van der Waals surface area contributed by atoms with Crippen molar-refractivity contribution in [2.75, 3.05) is 12.5 Å². The van der Waals surface area contributed by atoms with Crippen LogP contribution in [0.1, 0.15) is 13.3 Å². The van der Waals surface area contributed by atoms with Gasteiger partial charge in [0.1, 0.15) is 5.88 Å². The summed E-state index contributed by atoms with van der Waals surface area (Å²) in [5.41, 5.74) is 0. The molecule has 94 valence electrons. The number of ether oxygens (including phenoxy) is 2. The maximum Gasteiger partial charge on any atom is 0.426 e. The van der Waals surface area contributed by atoms with Gasteiger partial charge in [0.15, 0.2) is 0 Å². The van der Waals surface area contributed by atoms with E-state index in [9.17, 15) is 22.8 Å². The molecule has 0 aromatic heterocycles. The van der Waals surface area contributed by atoms with Crippen molar-refractivity contribution < 1.29 is 32.2 Å². The van der Waals surface area contributed by atoms with E-state index < -0.39 is 36.5 Å². The number of rotatable bonds is 5. The van der Waals surface area contributed by atoms with E-state index in [-0.39, 0.29) is 6.61 Å². The van der Waals surface area contributed by atoms with Crippen LogP contribution in [0, 0.1) is 0 Å². The molecule has 0 amide bonds. The van der Waals surface area contributed by atoms with E-state index in [1.165, 1.54) is 6.92 Å². The fourth-order valence-electron chi connectivity index (χ4n) is 0.786. The minimum atomic E-state index is -4.82. The molecule has 0 saturated carbocycles. The summed E-state index contributed by atoms with van der Waals surface area (Å²) in [6.45, 7) is 1.40. The number of carbonyl (C=O) groups is 2. The number of hydrogen-bond donors (Lipinski definition) is 0. The highest BCUT2D eigenvalue weighted by molar-refractivity contribution is 6.26. The van der Waals surface area contributed by atoms with E-state index in [2.05, 4.69) is 9.47 Å². The molecule has 0 aliphatic heterocycles. The molecule has 0 N–H and O–H groups in total. The number of esters is 2. The third-order valence-electron chi connectivity index (χ3n) is 1.41. The van der Waals surface area contributed by atoms with Crippen LogP contribution in [0.15, 0.2) is 0 Å². The Morgan fingerprint density at radius 3 is 2.25 bits per heavy atom. The van der Waals surface area contributed by atoms with Crippen LogP contribution in [0.2, 0.25) is 0 Å². The van der Waals surface area contributed by atoms with Crippen LogP contribution in [-0.2, 0) is 19.1 Å². The van der Waals surface area contributed by atoms with E-state index in [0.29, 0.717) is 0 Å². The lowest BCUT2D eigenvalue weighted by Gasteiger charge is -2.19. The van der Waals surface area contributed by atoms with Crippen LogP contribution in [0.5, 0.6) is 0 Å². The van der Waals surface area contributed by atoms with E-state index >= 15 is 0 Å². The summed E-state index contributed by atoms with van der Waals surface area (Å²) >= 11 is 4.99. The molecule has 0 rings (SSSR count). The molecular formula is C8H10ClF3O4. The maximum atomic E-state index is 12.3. The van der Waals surface area contributed by atoms with Gasteiger partial charge in [0.25, 0.3) is 0 Å². The molecule has 0 aromatic rings. The van der Waals surface area contributed by atoms with Crippen LogP contribution < -0.4 is 0 Å². The van der Waals surface area contributed by atoms with Crippen molar-refractivity contribution in [2.45, 2.75) is 25.6 Å². The fourth-order valence-corrected chi connectivity index (χ4v) is 0.849. The lowest BCUT2D eigenvalue weighted by atomic mass is 10.2. The molecule has 0 aliphatic rings. The van der Waals surface area contributed by atoms with Gasteiger partial charge >= 0.3 is 18.1 Å². The monoisotopic (exact) mass is 262 g/mol. The molecule has 8 heteroatoms. The highest BCUT2D eigenvalue weighted by Gasteiger charge is 2.44. The molecule has 0 spiro atoms. The van der Waals surface area contributed by atoms with E-state index in [1.807, 2.05) is 0 Å². The fraction of sp³-hybridized carbons (Fsp3) is 0.750. The van der Waals surface area contributed by atoms with Crippen molar-refractivity contribution >= 4 is 23.5 Å². The lowest BCUT2D eigenvalue weighted by Crippen LogP contribution is -2.36. The Balaban J connectivity index is 4.44. The summed E-state index contributed by atoms with van der Waals surface area (Å²) in [6, 6.07) is 0. The summed E-state index contributed by atoms with van der Waals surface area (Å²) < 4.78 is 45.2. The largest absolute Gasteiger partial charge is 0.466 e. The van der Waals surface area contributed by atoms with Crippen molar-refractivity contribution in [3.63, 3.8) is 0 Å². The number of alkyl halides is 4. The summed E-state index contributed by atoms with van der Waals surface area (Å²) in [5, 5.41) is 0. The Morgan fingerprint density at radius 2 is 1.88 bits per heavy atom. The van der Waals surface area contributed by atoms with Gasteiger partial charge in [0.05, 0.1) is 13.0 Å². The number of halogens is 4. The van der Waals surface area contributed by atoms with E-state index in [0.717, 1.165) is 0 Å². The Kier molecular flexibility index (Phi) is 6.17. The molecule has 0 radical (unpaired) electrons. The highest BCUT2D eigenvalue weighted by atomic mass is 35.5. The Bertz CT molecular complexity index is 254. The van der Waals surface area contributed by atoms with E-state index in [4.69, 9.17) is 11.6 Å². The summed E-state index contributed by atoms with van der Waals surface area (Å²) in [5.74, 6) is -3.05. The third kappa shape index (κ3) is 5.79. The van der Waals surface area contributed by atoms with Crippen molar-refractivity contribution in [1.29, 1.82) is 0 Å². The average Bonchev–Trinajstić information content (AvgIpc) is 2.15. The zero-order valence-corrected chi connectivity index (χ0v) is 9.10. The maximum absolute atomic E-state index is 12.3. The van der Waals surface area contributed by atoms with Crippen molar-refractivity contribution in [2.24, 2.45) is 0 Å².